The van der Waals surface area contributed by atoms with Crippen molar-refractivity contribution in [1.82, 2.24) is 14.3 Å². The van der Waals surface area contributed by atoms with Crippen LogP contribution in [0.25, 0.3) is 0 Å². The number of aliphatic hydroxyl groups is 1. The predicted octanol–water partition coefficient (Wildman–Crippen LogP) is 2.92. The first-order chi connectivity index (χ1) is 11.1. The molecule has 23 heavy (non-hydrogen) atoms. The molecule has 130 valence electrons. The highest BCUT2D eigenvalue weighted by Gasteiger charge is 2.31. The molecule has 0 amide bonds. The number of anilines is 1. The first-order valence-electron chi connectivity index (χ1n) is 9.13. The number of aliphatic hydroxyl groups excluding tert-OH is 1. The lowest BCUT2D eigenvalue weighted by Gasteiger charge is -2.41. The molecular weight excluding hydrogens is 308 g/mol. The highest BCUT2D eigenvalue weighted by Crippen LogP contribution is 2.27. The van der Waals surface area contributed by atoms with E-state index in [9.17, 15) is 5.11 Å². The van der Waals surface area contributed by atoms with Gasteiger partial charge in [-0.1, -0.05) is 26.7 Å². The molecule has 0 aromatic carbocycles. The Balaban J connectivity index is 1.46. The summed E-state index contributed by atoms with van der Waals surface area (Å²) < 4.78 is 4.44. The quantitative estimate of drug-likeness (QED) is 0.864. The summed E-state index contributed by atoms with van der Waals surface area (Å²) in [5.74, 6) is 1.57. The normalized spacial score (nSPS) is 27.5. The highest BCUT2D eigenvalue weighted by atomic mass is 32.1. The third-order valence-electron chi connectivity index (χ3n) is 5.08. The van der Waals surface area contributed by atoms with E-state index < -0.39 is 0 Å². The van der Waals surface area contributed by atoms with Crippen molar-refractivity contribution in [2.75, 3.05) is 18.4 Å². The summed E-state index contributed by atoms with van der Waals surface area (Å²) in [4.78, 5) is 7.11. The van der Waals surface area contributed by atoms with Gasteiger partial charge in [-0.25, -0.2) is 4.98 Å². The third kappa shape index (κ3) is 4.64. The van der Waals surface area contributed by atoms with Crippen LogP contribution >= 0.6 is 11.5 Å². The van der Waals surface area contributed by atoms with Gasteiger partial charge in [-0.3, -0.25) is 4.90 Å². The van der Waals surface area contributed by atoms with Gasteiger partial charge in [-0.2, -0.15) is 4.37 Å². The van der Waals surface area contributed by atoms with E-state index in [1.54, 1.807) is 0 Å². The fourth-order valence-corrected chi connectivity index (χ4v) is 4.50. The largest absolute Gasteiger partial charge is 0.391 e. The Hall–Kier alpha value is -0.720. The smallest absolute Gasteiger partial charge is 0.202 e. The number of nitrogens with one attached hydrogen (secondary N) is 1. The molecule has 1 saturated heterocycles. The van der Waals surface area contributed by atoms with Gasteiger partial charge in [0.2, 0.25) is 5.13 Å². The van der Waals surface area contributed by atoms with Gasteiger partial charge in [-0.05, 0) is 31.6 Å². The Morgan fingerprint density at radius 2 is 1.96 bits per heavy atom. The van der Waals surface area contributed by atoms with Gasteiger partial charge in [0, 0.05) is 43.1 Å². The zero-order valence-electron chi connectivity index (χ0n) is 14.4. The van der Waals surface area contributed by atoms with E-state index in [1.807, 2.05) is 0 Å². The average molecular weight is 339 g/mol. The molecule has 2 atom stereocenters. The summed E-state index contributed by atoms with van der Waals surface area (Å²) in [5, 5.41) is 14.8. The van der Waals surface area contributed by atoms with Crippen molar-refractivity contribution < 1.29 is 5.11 Å². The van der Waals surface area contributed by atoms with Crippen LogP contribution in [-0.2, 0) is 6.42 Å². The summed E-state index contributed by atoms with van der Waals surface area (Å²) in [6.07, 6.45) is 7.69. The van der Waals surface area contributed by atoms with E-state index in [0.717, 1.165) is 56.1 Å². The summed E-state index contributed by atoms with van der Waals surface area (Å²) in [7, 11) is 0. The van der Waals surface area contributed by atoms with Crippen molar-refractivity contribution in [2.45, 2.75) is 77.0 Å². The van der Waals surface area contributed by atoms with Gasteiger partial charge in [0.05, 0.1) is 6.10 Å². The molecule has 3 rings (SSSR count). The minimum absolute atomic E-state index is 0.116. The van der Waals surface area contributed by atoms with Crippen LogP contribution in [0, 0.1) is 5.92 Å². The zero-order chi connectivity index (χ0) is 16.2. The monoisotopic (exact) mass is 338 g/mol. The van der Waals surface area contributed by atoms with Crippen molar-refractivity contribution in [3.05, 3.63) is 5.82 Å². The number of piperidine rings is 1. The summed E-state index contributed by atoms with van der Waals surface area (Å²) in [6, 6.07) is 0.885. The van der Waals surface area contributed by atoms with Crippen molar-refractivity contribution in [3.63, 3.8) is 0 Å². The van der Waals surface area contributed by atoms with Gasteiger partial charge >= 0.3 is 0 Å². The maximum absolute atomic E-state index is 10.2. The van der Waals surface area contributed by atoms with Gasteiger partial charge in [0.25, 0.3) is 0 Å². The van der Waals surface area contributed by atoms with E-state index in [1.165, 1.54) is 24.4 Å². The molecule has 0 radical (unpaired) electrons. The lowest BCUT2D eigenvalue weighted by Crippen LogP contribution is -2.50. The van der Waals surface area contributed by atoms with E-state index in [-0.39, 0.29) is 6.10 Å². The van der Waals surface area contributed by atoms with Crippen LogP contribution in [0.15, 0.2) is 0 Å². The second kappa shape index (κ2) is 7.90. The van der Waals surface area contributed by atoms with Crippen molar-refractivity contribution in [3.8, 4) is 0 Å². The average Bonchev–Trinajstić information content (AvgIpc) is 2.95. The molecule has 0 unspecified atom stereocenters. The van der Waals surface area contributed by atoms with E-state index in [2.05, 4.69) is 33.4 Å². The van der Waals surface area contributed by atoms with E-state index in [4.69, 9.17) is 0 Å². The molecule has 2 N–H and O–H groups in total. The molecule has 0 spiro atoms. The maximum Gasteiger partial charge on any atom is 0.202 e. The fourth-order valence-electron chi connectivity index (χ4n) is 3.83. The van der Waals surface area contributed by atoms with Gasteiger partial charge in [0.15, 0.2) is 0 Å². The Bertz CT molecular complexity index is 485. The van der Waals surface area contributed by atoms with Crippen molar-refractivity contribution in [1.29, 1.82) is 0 Å². The fraction of sp³-hybridized carbons (Fsp3) is 0.882. The van der Waals surface area contributed by atoms with Crippen LogP contribution in [-0.4, -0.2) is 50.6 Å². The predicted molar refractivity (Wildman–Crippen MR) is 94.9 cm³/mol. The Morgan fingerprint density at radius 1 is 1.22 bits per heavy atom. The molecule has 2 aliphatic rings. The Morgan fingerprint density at radius 3 is 2.65 bits per heavy atom. The molecule has 1 aliphatic carbocycles. The summed E-state index contributed by atoms with van der Waals surface area (Å²) >= 11 is 1.49. The van der Waals surface area contributed by atoms with Crippen LogP contribution in [0.3, 0.4) is 0 Å². The lowest BCUT2D eigenvalue weighted by atomic mass is 9.89. The van der Waals surface area contributed by atoms with Crippen LogP contribution in [0.5, 0.6) is 0 Å². The van der Waals surface area contributed by atoms with Crippen LogP contribution < -0.4 is 5.32 Å². The zero-order valence-corrected chi connectivity index (χ0v) is 15.2. The number of hydrogen-bond donors (Lipinski definition) is 2. The SMILES string of the molecule is CC(C)Cc1nsc(NC2CCN([C@H]3CCCC[C@H]3O)CC2)n1. The second-order valence-electron chi connectivity index (χ2n) is 7.49. The number of rotatable bonds is 5. The molecule has 0 bridgehead atoms. The third-order valence-corrected chi connectivity index (χ3v) is 5.76. The molecule has 5 nitrogen and oxygen atoms in total. The van der Waals surface area contributed by atoms with E-state index in [0.29, 0.717) is 18.0 Å². The molecule has 6 heteroatoms. The molecule has 2 heterocycles. The molecule has 2 fully saturated rings. The summed E-state index contributed by atoms with van der Waals surface area (Å²) in [5.41, 5.74) is 0. The highest BCUT2D eigenvalue weighted by molar-refractivity contribution is 7.09. The minimum atomic E-state index is -0.116. The number of aromatic nitrogens is 2. The van der Waals surface area contributed by atoms with Gasteiger partial charge < -0.3 is 10.4 Å². The molecule has 1 aromatic heterocycles. The van der Waals surface area contributed by atoms with Gasteiger partial charge in [0.1, 0.15) is 5.82 Å². The van der Waals surface area contributed by atoms with E-state index >= 15 is 0 Å². The lowest BCUT2D eigenvalue weighted by molar-refractivity contribution is 0.00993. The molecule has 1 aromatic rings. The van der Waals surface area contributed by atoms with Crippen LogP contribution in [0.1, 0.15) is 58.2 Å². The topological polar surface area (TPSA) is 61.3 Å². The first-order valence-corrected chi connectivity index (χ1v) is 9.90. The van der Waals surface area contributed by atoms with Crippen molar-refractivity contribution >= 4 is 16.7 Å². The molecule has 1 saturated carbocycles. The number of likely N-dealkylation sites (tertiary alicyclic amines) is 1. The Kier molecular flexibility index (Phi) is 5.88. The minimum Gasteiger partial charge on any atom is -0.391 e. The number of hydrogen-bond acceptors (Lipinski definition) is 6. The molecule has 1 aliphatic heterocycles. The van der Waals surface area contributed by atoms with Gasteiger partial charge in [-0.15, -0.1) is 0 Å². The molecular formula is C17H30N4OS. The second-order valence-corrected chi connectivity index (χ2v) is 8.24. The maximum atomic E-state index is 10.2. The Labute approximate surface area is 143 Å². The van der Waals surface area contributed by atoms with Crippen LogP contribution in [0.4, 0.5) is 5.13 Å². The van der Waals surface area contributed by atoms with Crippen molar-refractivity contribution in [2.24, 2.45) is 5.92 Å². The first kappa shape index (κ1) is 17.1. The summed E-state index contributed by atoms with van der Waals surface area (Å²) in [6.45, 7) is 6.56. The number of nitrogens with zero attached hydrogens (tertiary/aromatic N) is 3. The standard InChI is InChI=1S/C17H30N4OS/c1-12(2)11-16-19-17(23-20-16)18-13-7-9-21(10-8-13)14-5-3-4-6-15(14)22/h12-15,22H,3-11H2,1-2H3,(H,18,19,20)/t14-,15+/m0/s1. The van der Waals surface area contributed by atoms with Crippen LogP contribution in [0.2, 0.25) is 0 Å².